The van der Waals surface area contributed by atoms with E-state index in [1.54, 1.807) is 12.3 Å². The number of pyridine rings is 1. The summed E-state index contributed by atoms with van der Waals surface area (Å²) in [7, 11) is 0. The monoisotopic (exact) mass is 435 g/mol. The Bertz CT molecular complexity index is 696. The molecular weight excluding hydrogens is 428 g/mol. The quantitative estimate of drug-likeness (QED) is 0.559. The number of aromatic nitrogens is 1. The molecule has 0 saturated carbocycles. The number of rotatable bonds is 2. The molecule has 1 heterocycles. The van der Waals surface area contributed by atoms with Gasteiger partial charge < -0.3 is 5.32 Å². The molecule has 2 rings (SSSR count). The van der Waals surface area contributed by atoms with Crippen LogP contribution in [0.3, 0.4) is 0 Å². The number of thiocarbonyl (C=S) groups is 1. The van der Waals surface area contributed by atoms with Crippen LogP contribution in [0, 0.1) is 9.39 Å². The molecule has 0 unspecified atom stereocenters. The fourth-order valence-corrected chi connectivity index (χ4v) is 2.21. The Morgan fingerprint density at radius 2 is 2.10 bits per heavy atom. The van der Waals surface area contributed by atoms with Gasteiger partial charge in [0.1, 0.15) is 11.6 Å². The van der Waals surface area contributed by atoms with Crippen LogP contribution in [0.2, 0.25) is 5.02 Å². The van der Waals surface area contributed by atoms with Crippen molar-refractivity contribution in [2.45, 2.75) is 0 Å². The van der Waals surface area contributed by atoms with E-state index in [1.165, 1.54) is 6.07 Å². The standard InChI is InChI=1S/C13H8ClFIN3OS/c14-10-5-7(15)1-3-9(10)12(20)19-13(21)18-11-4-2-8(16)6-17-11/h1-6H,(H2,17,18,19,20,21). The number of halogens is 3. The summed E-state index contributed by atoms with van der Waals surface area (Å²) >= 11 is 12.9. The summed E-state index contributed by atoms with van der Waals surface area (Å²) in [6.07, 6.45) is 1.66. The number of carbonyl (C=O) groups excluding carboxylic acids is 1. The fourth-order valence-electron chi connectivity index (χ4n) is 1.44. The van der Waals surface area contributed by atoms with E-state index in [2.05, 4.69) is 38.2 Å². The zero-order valence-corrected chi connectivity index (χ0v) is 14.1. The molecule has 0 radical (unpaired) electrons. The average molecular weight is 436 g/mol. The van der Waals surface area contributed by atoms with Gasteiger partial charge in [-0.15, -0.1) is 0 Å². The third-order valence-electron chi connectivity index (χ3n) is 2.37. The molecule has 0 bridgehead atoms. The van der Waals surface area contributed by atoms with Crippen LogP contribution >= 0.6 is 46.4 Å². The molecule has 0 saturated heterocycles. The van der Waals surface area contributed by atoms with E-state index >= 15 is 0 Å². The van der Waals surface area contributed by atoms with E-state index in [0.717, 1.165) is 15.7 Å². The number of hydrogen-bond donors (Lipinski definition) is 2. The van der Waals surface area contributed by atoms with Crippen LogP contribution in [0.1, 0.15) is 10.4 Å². The van der Waals surface area contributed by atoms with E-state index in [9.17, 15) is 9.18 Å². The number of nitrogens with zero attached hydrogens (tertiary/aromatic N) is 1. The van der Waals surface area contributed by atoms with Crippen LogP contribution < -0.4 is 10.6 Å². The second kappa shape index (κ2) is 7.10. The minimum absolute atomic E-state index is 0.0164. The SMILES string of the molecule is O=C(NC(=S)Nc1ccc(I)cn1)c1ccc(F)cc1Cl. The Kier molecular flexibility index (Phi) is 5.43. The lowest BCUT2D eigenvalue weighted by Gasteiger charge is -2.09. The van der Waals surface area contributed by atoms with Gasteiger partial charge in [0.2, 0.25) is 0 Å². The van der Waals surface area contributed by atoms with E-state index in [0.29, 0.717) is 5.82 Å². The van der Waals surface area contributed by atoms with Crippen LogP contribution in [0.4, 0.5) is 10.2 Å². The van der Waals surface area contributed by atoms with Crippen molar-refractivity contribution in [1.82, 2.24) is 10.3 Å². The molecule has 0 aliphatic heterocycles. The first-order valence-electron chi connectivity index (χ1n) is 5.64. The number of nitrogens with one attached hydrogen (secondary N) is 2. The Hall–Kier alpha value is -1.32. The molecule has 0 spiro atoms. The van der Waals surface area contributed by atoms with Crippen molar-refractivity contribution in [2.24, 2.45) is 0 Å². The Balaban J connectivity index is 2.02. The van der Waals surface area contributed by atoms with Gasteiger partial charge in [-0.2, -0.15) is 0 Å². The second-order valence-corrected chi connectivity index (χ2v) is 5.96. The molecule has 0 atom stereocenters. The molecule has 0 fully saturated rings. The first kappa shape index (κ1) is 16.1. The van der Waals surface area contributed by atoms with Gasteiger partial charge in [0.05, 0.1) is 10.6 Å². The second-order valence-electron chi connectivity index (χ2n) is 3.89. The lowest BCUT2D eigenvalue weighted by Crippen LogP contribution is -2.34. The van der Waals surface area contributed by atoms with Crippen molar-refractivity contribution in [3.05, 3.63) is 56.5 Å². The van der Waals surface area contributed by atoms with Gasteiger partial charge in [0.25, 0.3) is 5.91 Å². The van der Waals surface area contributed by atoms with Crippen LogP contribution in [0.15, 0.2) is 36.5 Å². The molecular formula is C13H8ClFIN3OS. The summed E-state index contributed by atoms with van der Waals surface area (Å²) in [5.74, 6) is -0.533. The number of amides is 1. The summed E-state index contributed by atoms with van der Waals surface area (Å²) in [5, 5.41) is 5.32. The van der Waals surface area contributed by atoms with Crippen molar-refractivity contribution in [3.63, 3.8) is 0 Å². The maximum Gasteiger partial charge on any atom is 0.258 e. The number of anilines is 1. The van der Waals surface area contributed by atoms with Crippen molar-refractivity contribution in [3.8, 4) is 0 Å². The zero-order chi connectivity index (χ0) is 15.4. The third-order valence-corrected chi connectivity index (χ3v) is 3.53. The van der Waals surface area contributed by atoms with E-state index in [1.807, 2.05) is 6.07 Å². The Morgan fingerprint density at radius 1 is 1.33 bits per heavy atom. The van der Waals surface area contributed by atoms with Gasteiger partial charge in [-0.1, -0.05) is 11.6 Å². The fraction of sp³-hybridized carbons (Fsp3) is 0. The maximum atomic E-state index is 12.9. The van der Waals surface area contributed by atoms with Gasteiger partial charge >= 0.3 is 0 Å². The maximum absolute atomic E-state index is 12.9. The lowest BCUT2D eigenvalue weighted by atomic mass is 10.2. The van der Waals surface area contributed by atoms with Gasteiger partial charge in [-0.3, -0.25) is 10.1 Å². The summed E-state index contributed by atoms with van der Waals surface area (Å²) in [6.45, 7) is 0. The Labute approximate surface area is 144 Å². The van der Waals surface area contributed by atoms with Crippen LogP contribution in [-0.4, -0.2) is 16.0 Å². The number of hydrogen-bond acceptors (Lipinski definition) is 3. The lowest BCUT2D eigenvalue weighted by molar-refractivity contribution is 0.0978. The van der Waals surface area contributed by atoms with Gasteiger partial charge in [0.15, 0.2) is 5.11 Å². The number of benzene rings is 1. The highest BCUT2D eigenvalue weighted by Crippen LogP contribution is 2.17. The average Bonchev–Trinajstić information content (AvgIpc) is 2.41. The molecule has 1 amide bonds. The molecule has 2 N–H and O–H groups in total. The van der Waals surface area contributed by atoms with Crippen LogP contribution in [0.5, 0.6) is 0 Å². The van der Waals surface area contributed by atoms with Crippen LogP contribution in [-0.2, 0) is 0 Å². The molecule has 1 aromatic carbocycles. The highest BCUT2D eigenvalue weighted by Gasteiger charge is 2.12. The summed E-state index contributed by atoms with van der Waals surface area (Å²) in [6, 6.07) is 7.08. The van der Waals surface area contributed by atoms with Gasteiger partial charge in [-0.05, 0) is 65.1 Å². The molecule has 21 heavy (non-hydrogen) atoms. The topological polar surface area (TPSA) is 54.0 Å². The highest BCUT2D eigenvalue weighted by molar-refractivity contribution is 14.1. The molecule has 108 valence electrons. The zero-order valence-electron chi connectivity index (χ0n) is 10.4. The van der Waals surface area contributed by atoms with Crippen molar-refractivity contribution >= 4 is 63.2 Å². The van der Waals surface area contributed by atoms with Crippen LogP contribution in [0.25, 0.3) is 0 Å². The van der Waals surface area contributed by atoms with E-state index in [-0.39, 0.29) is 15.7 Å². The molecule has 0 aliphatic rings. The van der Waals surface area contributed by atoms with Gasteiger partial charge in [0, 0.05) is 9.77 Å². The van der Waals surface area contributed by atoms with E-state index < -0.39 is 11.7 Å². The number of carbonyl (C=O) groups is 1. The Morgan fingerprint density at radius 3 is 2.71 bits per heavy atom. The largest absolute Gasteiger partial charge is 0.317 e. The third kappa shape index (κ3) is 4.58. The smallest absolute Gasteiger partial charge is 0.258 e. The predicted octanol–water partition coefficient (Wildman–Crippen LogP) is 3.61. The van der Waals surface area contributed by atoms with E-state index in [4.69, 9.17) is 23.8 Å². The normalized spacial score (nSPS) is 10.0. The molecule has 8 heteroatoms. The van der Waals surface area contributed by atoms with Gasteiger partial charge in [-0.25, -0.2) is 9.37 Å². The molecule has 2 aromatic rings. The minimum Gasteiger partial charge on any atom is -0.317 e. The summed E-state index contributed by atoms with van der Waals surface area (Å²) in [4.78, 5) is 16.1. The van der Waals surface area contributed by atoms with Crippen molar-refractivity contribution < 1.29 is 9.18 Å². The summed E-state index contributed by atoms with van der Waals surface area (Å²) < 4.78 is 13.9. The first-order valence-corrected chi connectivity index (χ1v) is 7.51. The minimum atomic E-state index is -0.525. The van der Waals surface area contributed by atoms with Crippen molar-refractivity contribution in [2.75, 3.05) is 5.32 Å². The molecule has 1 aromatic heterocycles. The molecule has 0 aliphatic carbocycles. The van der Waals surface area contributed by atoms with Crippen molar-refractivity contribution in [1.29, 1.82) is 0 Å². The first-order chi connectivity index (χ1) is 9.95. The highest BCUT2D eigenvalue weighted by atomic mass is 127. The predicted molar refractivity (Wildman–Crippen MR) is 92.1 cm³/mol. The summed E-state index contributed by atoms with van der Waals surface area (Å²) in [5.41, 5.74) is 0.137. The molecule has 4 nitrogen and oxygen atoms in total.